The average molecular weight is 284 g/mol. The van der Waals surface area contributed by atoms with E-state index in [9.17, 15) is 9.59 Å². The Bertz CT molecular complexity index is 301. The number of carbonyl (C=O) groups is 2. The first-order valence-electron chi connectivity index (χ1n) is 7.82. The minimum Gasteiger partial charge on any atom is -0.381 e. The number of ether oxygens (including phenoxy) is 1. The predicted octanol–water partition coefficient (Wildman–Crippen LogP) is 1.74. The number of primary amides is 1. The van der Waals surface area contributed by atoms with Crippen molar-refractivity contribution in [3.8, 4) is 0 Å². The molecule has 0 aromatic heterocycles. The van der Waals surface area contributed by atoms with Crippen molar-refractivity contribution in [3.05, 3.63) is 0 Å². The fourth-order valence-corrected chi connectivity index (χ4v) is 2.45. The van der Waals surface area contributed by atoms with Gasteiger partial charge in [0.15, 0.2) is 0 Å². The Morgan fingerprint density at radius 3 is 2.55 bits per heavy atom. The quantitative estimate of drug-likeness (QED) is 0.600. The molecule has 3 N–H and O–H groups in total. The van der Waals surface area contributed by atoms with E-state index in [1.165, 1.54) is 25.7 Å². The van der Waals surface area contributed by atoms with E-state index in [2.05, 4.69) is 12.2 Å². The lowest BCUT2D eigenvalue weighted by molar-refractivity contribution is -0.130. The molecule has 0 saturated carbocycles. The summed E-state index contributed by atoms with van der Waals surface area (Å²) in [7, 11) is 0. The molecular formula is C15H28N2O3. The van der Waals surface area contributed by atoms with Gasteiger partial charge in [-0.25, -0.2) is 0 Å². The highest BCUT2D eigenvalue weighted by atomic mass is 16.5. The van der Waals surface area contributed by atoms with Crippen LogP contribution in [-0.2, 0) is 14.3 Å². The maximum Gasteiger partial charge on any atom is 0.239 e. The van der Waals surface area contributed by atoms with Gasteiger partial charge < -0.3 is 15.8 Å². The second-order valence-electron chi connectivity index (χ2n) is 5.58. The van der Waals surface area contributed by atoms with Crippen LogP contribution in [0.1, 0.15) is 58.3 Å². The van der Waals surface area contributed by atoms with Crippen molar-refractivity contribution in [2.45, 2.75) is 64.3 Å². The Labute approximate surface area is 121 Å². The van der Waals surface area contributed by atoms with Gasteiger partial charge in [-0.15, -0.1) is 0 Å². The number of amides is 2. The van der Waals surface area contributed by atoms with Gasteiger partial charge in [0.2, 0.25) is 11.8 Å². The Morgan fingerprint density at radius 1 is 1.25 bits per heavy atom. The van der Waals surface area contributed by atoms with Crippen LogP contribution in [-0.4, -0.2) is 31.1 Å². The third-order valence-corrected chi connectivity index (χ3v) is 3.81. The molecule has 0 aromatic rings. The van der Waals surface area contributed by atoms with Crippen molar-refractivity contribution in [2.24, 2.45) is 11.7 Å². The summed E-state index contributed by atoms with van der Waals surface area (Å²) in [6.07, 6.45) is 8.30. The molecule has 0 bridgehead atoms. The van der Waals surface area contributed by atoms with E-state index in [0.29, 0.717) is 19.6 Å². The molecule has 0 aliphatic carbocycles. The van der Waals surface area contributed by atoms with Crippen molar-refractivity contribution >= 4 is 11.8 Å². The number of hydrogen-bond acceptors (Lipinski definition) is 3. The van der Waals surface area contributed by atoms with Crippen LogP contribution in [0.25, 0.3) is 0 Å². The van der Waals surface area contributed by atoms with Crippen LogP contribution in [0.3, 0.4) is 0 Å². The molecule has 0 spiro atoms. The fraction of sp³-hybridized carbons (Fsp3) is 0.867. The number of unbranched alkanes of at least 4 members (excludes halogenated alkanes) is 5. The first kappa shape index (κ1) is 17.0. The van der Waals surface area contributed by atoms with Crippen molar-refractivity contribution < 1.29 is 14.3 Å². The lowest BCUT2D eigenvalue weighted by Crippen LogP contribution is -2.46. The van der Waals surface area contributed by atoms with Crippen LogP contribution in [0, 0.1) is 5.92 Å². The number of nitrogens with one attached hydrogen (secondary N) is 1. The van der Waals surface area contributed by atoms with Crippen molar-refractivity contribution in [1.29, 1.82) is 0 Å². The maximum atomic E-state index is 11.9. The molecule has 0 radical (unpaired) electrons. The standard InChI is InChI=1S/C15H28N2O3/c1-2-3-4-5-6-7-8-13(14(16)18)17-15(19)12-9-10-20-11-12/h12-13H,2-11H2,1H3,(H2,16,18)(H,17,19)/t12-,13+/m0/s1. The van der Waals surface area contributed by atoms with E-state index in [4.69, 9.17) is 10.5 Å². The highest BCUT2D eigenvalue weighted by Gasteiger charge is 2.26. The van der Waals surface area contributed by atoms with Crippen LogP contribution in [0.2, 0.25) is 0 Å². The number of carbonyl (C=O) groups excluding carboxylic acids is 2. The molecule has 1 rings (SSSR count). The summed E-state index contributed by atoms with van der Waals surface area (Å²) < 4.78 is 5.18. The van der Waals surface area contributed by atoms with E-state index in [-0.39, 0.29) is 11.8 Å². The molecule has 5 nitrogen and oxygen atoms in total. The van der Waals surface area contributed by atoms with Crippen molar-refractivity contribution in [3.63, 3.8) is 0 Å². The van der Waals surface area contributed by atoms with Gasteiger partial charge in [0.1, 0.15) is 6.04 Å². The highest BCUT2D eigenvalue weighted by molar-refractivity contribution is 5.87. The topological polar surface area (TPSA) is 81.4 Å². The molecule has 0 unspecified atom stereocenters. The molecule has 2 atom stereocenters. The largest absolute Gasteiger partial charge is 0.381 e. The minimum absolute atomic E-state index is 0.0997. The normalized spacial score (nSPS) is 19.8. The molecular weight excluding hydrogens is 256 g/mol. The molecule has 5 heteroatoms. The summed E-state index contributed by atoms with van der Waals surface area (Å²) in [5, 5.41) is 2.77. The second-order valence-corrected chi connectivity index (χ2v) is 5.58. The summed E-state index contributed by atoms with van der Waals surface area (Å²) in [4.78, 5) is 23.3. The Balaban J connectivity index is 2.22. The zero-order chi connectivity index (χ0) is 14.8. The van der Waals surface area contributed by atoms with Crippen LogP contribution < -0.4 is 11.1 Å². The van der Waals surface area contributed by atoms with Gasteiger partial charge in [-0.05, 0) is 12.8 Å². The third-order valence-electron chi connectivity index (χ3n) is 3.81. The van der Waals surface area contributed by atoms with Gasteiger partial charge in [0, 0.05) is 6.61 Å². The zero-order valence-corrected chi connectivity index (χ0v) is 12.5. The summed E-state index contributed by atoms with van der Waals surface area (Å²) >= 11 is 0. The molecule has 1 fully saturated rings. The van der Waals surface area contributed by atoms with Crippen molar-refractivity contribution in [1.82, 2.24) is 5.32 Å². The smallest absolute Gasteiger partial charge is 0.239 e. The summed E-state index contributed by atoms with van der Waals surface area (Å²) in [5.41, 5.74) is 5.36. The molecule has 1 saturated heterocycles. The minimum atomic E-state index is -0.533. The Hall–Kier alpha value is -1.10. The molecule has 20 heavy (non-hydrogen) atoms. The Morgan fingerprint density at radius 2 is 1.95 bits per heavy atom. The Kier molecular flexibility index (Phi) is 8.26. The van der Waals surface area contributed by atoms with Crippen molar-refractivity contribution in [2.75, 3.05) is 13.2 Å². The van der Waals surface area contributed by atoms with Gasteiger partial charge in [0.25, 0.3) is 0 Å². The van der Waals surface area contributed by atoms with E-state index in [1.807, 2.05) is 0 Å². The number of rotatable bonds is 10. The lowest BCUT2D eigenvalue weighted by atomic mass is 10.0. The first-order chi connectivity index (χ1) is 9.65. The molecule has 116 valence electrons. The van der Waals surface area contributed by atoms with E-state index in [0.717, 1.165) is 19.3 Å². The van der Waals surface area contributed by atoms with Crippen LogP contribution in [0.4, 0.5) is 0 Å². The van der Waals surface area contributed by atoms with E-state index < -0.39 is 11.9 Å². The first-order valence-corrected chi connectivity index (χ1v) is 7.82. The average Bonchev–Trinajstić information content (AvgIpc) is 2.95. The van der Waals surface area contributed by atoms with Gasteiger partial charge in [0.05, 0.1) is 12.5 Å². The van der Waals surface area contributed by atoms with Crippen LogP contribution >= 0.6 is 0 Å². The van der Waals surface area contributed by atoms with Gasteiger partial charge in [-0.3, -0.25) is 9.59 Å². The van der Waals surface area contributed by atoms with E-state index in [1.54, 1.807) is 0 Å². The molecule has 1 aliphatic heterocycles. The lowest BCUT2D eigenvalue weighted by Gasteiger charge is -2.17. The monoisotopic (exact) mass is 284 g/mol. The summed E-state index contributed by atoms with van der Waals surface area (Å²) in [6, 6.07) is -0.533. The third kappa shape index (κ3) is 6.37. The maximum absolute atomic E-state index is 11.9. The highest BCUT2D eigenvalue weighted by Crippen LogP contribution is 2.13. The van der Waals surface area contributed by atoms with E-state index >= 15 is 0 Å². The molecule has 0 aromatic carbocycles. The van der Waals surface area contributed by atoms with Crippen LogP contribution in [0.15, 0.2) is 0 Å². The summed E-state index contributed by atoms with van der Waals surface area (Å²) in [6.45, 7) is 3.26. The molecule has 1 aliphatic rings. The second kappa shape index (κ2) is 9.75. The fourth-order valence-electron chi connectivity index (χ4n) is 2.45. The predicted molar refractivity (Wildman–Crippen MR) is 78.0 cm³/mol. The molecule has 1 heterocycles. The summed E-state index contributed by atoms with van der Waals surface area (Å²) in [5.74, 6) is -0.662. The number of nitrogens with two attached hydrogens (primary N) is 1. The number of hydrogen-bond donors (Lipinski definition) is 2. The SMILES string of the molecule is CCCCCCCC[C@@H](NC(=O)[C@H]1CCOC1)C(N)=O. The van der Waals surface area contributed by atoms with Crippen LogP contribution in [0.5, 0.6) is 0 Å². The van der Waals surface area contributed by atoms with Gasteiger partial charge in [-0.1, -0.05) is 45.4 Å². The molecule has 2 amide bonds. The van der Waals surface area contributed by atoms with Gasteiger partial charge in [-0.2, -0.15) is 0 Å². The van der Waals surface area contributed by atoms with Gasteiger partial charge >= 0.3 is 0 Å². The zero-order valence-electron chi connectivity index (χ0n) is 12.5.